The number of imide groups is 1. The number of carbonyl (C=O) groups is 5. The summed E-state index contributed by atoms with van der Waals surface area (Å²) in [5.41, 5.74) is 1.21. The van der Waals surface area contributed by atoms with E-state index in [9.17, 15) is 24.6 Å². The van der Waals surface area contributed by atoms with E-state index in [4.69, 9.17) is 4.74 Å². The standard InChI is InChI=1S/C42H33NO8/c1-51-27-15-16-29(34(44)20-27)37-28-17-18-30-36(40(48)43(39(30)47)26-14-8-11-24(19-26)41(49)50)32(28)21-33-38(46)31(23-9-4-2-5-10-23)22-35(45)42(33,37)25-12-6-3-7-13-25/h2-17,19-20,22,30,32-33,36-37,44H,18,21H2,1H3,(H,49,50). The number of ketones is 2. The molecule has 1 saturated carbocycles. The number of fused-ring (bicyclic) bond motifs is 4. The molecule has 2 fully saturated rings. The van der Waals surface area contributed by atoms with Crippen molar-refractivity contribution < 1.29 is 38.9 Å². The second-order valence-electron chi connectivity index (χ2n) is 13.6. The van der Waals surface area contributed by atoms with Crippen LogP contribution in [0.1, 0.15) is 45.8 Å². The smallest absolute Gasteiger partial charge is 0.335 e. The quantitative estimate of drug-likeness (QED) is 0.184. The summed E-state index contributed by atoms with van der Waals surface area (Å²) in [6.45, 7) is 0. The summed E-state index contributed by atoms with van der Waals surface area (Å²) in [4.78, 5) is 71.5. The van der Waals surface area contributed by atoms with Crippen LogP contribution in [0.25, 0.3) is 5.57 Å². The summed E-state index contributed by atoms with van der Waals surface area (Å²) in [7, 11) is 1.48. The third-order valence-corrected chi connectivity index (χ3v) is 11.3. The number of rotatable bonds is 6. The number of hydrogen-bond donors (Lipinski definition) is 2. The van der Waals surface area contributed by atoms with Crippen molar-refractivity contribution in [2.75, 3.05) is 12.0 Å². The summed E-state index contributed by atoms with van der Waals surface area (Å²) in [5, 5.41) is 21.3. The number of benzene rings is 4. The predicted octanol–water partition coefficient (Wildman–Crippen LogP) is 6.13. The number of aromatic carboxylic acids is 1. The Morgan fingerprint density at radius 3 is 2.25 bits per heavy atom. The van der Waals surface area contributed by atoms with Gasteiger partial charge < -0.3 is 14.9 Å². The molecule has 9 heteroatoms. The Hall–Kier alpha value is -6.09. The number of anilines is 1. The van der Waals surface area contributed by atoms with E-state index >= 15 is 9.59 Å². The molecule has 4 aromatic rings. The molecule has 0 spiro atoms. The summed E-state index contributed by atoms with van der Waals surface area (Å²) in [6, 6.07) is 28.7. The molecule has 4 aromatic carbocycles. The van der Waals surface area contributed by atoms with Gasteiger partial charge in [-0.15, -0.1) is 0 Å². The van der Waals surface area contributed by atoms with Crippen LogP contribution >= 0.6 is 0 Å². The highest BCUT2D eigenvalue weighted by Gasteiger charge is 2.66. The Labute approximate surface area is 293 Å². The Kier molecular flexibility index (Phi) is 7.59. The maximum absolute atomic E-state index is 15.1. The lowest BCUT2D eigenvalue weighted by Gasteiger charge is -2.55. The number of hydrogen-bond acceptors (Lipinski definition) is 7. The molecule has 0 bridgehead atoms. The van der Waals surface area contributed by atoms with Crippen molar-refractivity contribution in [1.29, 1.82) is 0 Å². The molecule has 6 unspecified atom stereocenters. The minimum atomic E-state index is -1.49. The molecule has 6 atom stereocenters. The van der Waals surface area contributed by atoms with Crippen molar-refractivity contribution in [1.82, 2.24) is 0 Å². The van der Waals surface area contributed by atoms with Gasteiger partial charge in [0.15, 0.2) is 11.6 Å². The first-order valence-corrected chi connectivity index (χ1v) is 16.9. The fourth-order valence-electron chi connectivity index (χ4n) is 9.15. The number of allylic oxidation sites excluding steroid dienone is 4. The van der Waals surface area contributed by atoms with E-state index < -0.39 is 52.8 Å². The number of carboxylic acids is 1. The monoisotopic (exact) mass is 679 g/mol. The van der Waals surface area contributed by atoms with Crippen molar-refractivity contribution in [3.8, 4) is 11.5 Å². The average molecular weight is 680 g/mol. The molecular formula is C42H33NO8. The van der Waals surface area contributed by atoms with E-state index in [0.29, 0.717) is 28.0 Å². The lowest BCUT2D eigenvalue weighted by molar-refractivity contribution is -0.135. The molecule has 51 heavy (non-hydrogen) atoms. The lowest BCUT2D eigenvalue weighted by Crippen LogP contribution is -2.58. The van der Waals surface area contributed by atoms with Gasteiger partial charge in [-0.2, -0.15) is 0 Å². The van der Waals surface area contributed by atoms with Crippen LogP contribution in [-0.4, -0.2) is 46.7 Å². The van der Waals surface area contributed by atoms with Gasteiger partial charge in [-0.25, -0.2) is 4.79 Å². The molecule has 1 aliphatic heterocycles. The highest BCUT2D eigenvalue weighted by atomic mass is 16.5. The molecule has 254 valence electrons. The molecule has 8 rings (SSSR count). The van der Waals surface area contributed by atoms with Gasteiger partial charge in [-0.05, 0) is 60.2 Å². The first kappa shape index (κ1) is 32.1. The van der Waals surface area contributed by atoms with E-state index in [1.165, 1.54) is 43.5 Å². The second-order valence-corrected chi connectivity index (χ2v) is 13.6. The molecule has 2 amide bonds. The van der Waals surface area contributed by atoms with Gasteiger partial charge in [-0.3, -0.25) is 24.1 Å². The number of carboxylic acid groups (broad SMARTS) is 1. The van der Waals surface area contributed by atoms with Gasteiger partial charge in [0.1, 0.15) is 11.5 Å². The number of Topliss-reactive ketones (excluding diaryl/α,β-unsaturated/α-hetero) is 1. The highest BCUT2D eigenvalue weighted by Crippen LogP contribution is 2.64. The molecule has 3 aliphatic carbocycles. The minimum Gasteiger partial charge on any atom is -0.508 e. The molecule has 0 aromatic heterocycles. The first-order valence-electron chi connectivity index (χ1n) is 16.9. The van der Waals surface area contributed by atoms with Gasteiger partial charge in [0.2, 0.25) is 11.8 Å². The number of nitrogens with zero attached hydrogens (tertiary/aromatic N) is 1. The zero-order chi connectivity index (χ0) is 35.6. The Morgan fingerprint density at radius 1 is 0.843 bits per heavy atom. The number of ether oxygens (including phenoxy) is 1. The van der Waals surface area contributed by atoms with Crippen LogP contribution in [0, 0.1) is 23.7 Å². The maximum atomic E-state index is 15.1. The van der Waals surface area contributed by atoms with Crippen molar-refractivity contribution in [3.63, 3.8) is 0 Å². The number of methoxy groups -OCH3 is 1. The Balaban J connectivity index is 1.35. The number of aromatic hydroxyl groups is 1. The van der Waals surface area contributed by atoms with E-state index in [1.54, 1.807) is 36.4 Å². The third kappa shape index (κ3) is 4.71. The van der Waals surface area contributed by atoms with Crippen molar-refractivity contribution in [2.45, 2.75) is 24.2 Å². The van der Waals surface area contributed by atoms with Crippen molar-refractivity contribution >= 4 is 40.6 Å². The van der Waals surface area contributed by atoms with Gasteiger partial charge in [0, 0.05) is 29.0 Å². The number of phenolic OH excluding ortho intramolecular Hbond substituents is 1. The van der Waals surface area contributed by atoms with Gasteiger partial charge in [0.05, 0.1) is 35.6 Å². The zero-order valence-electron chi connectivity index (χ0n) is 27.6. The summed E-state index contributed by atoms with van der Waals surface area (Å²) in [5.74, 6) is -6.52. The second kappa shape index (κ2) is 12.1. The SMILES string of the molecule is COc1ccc(C2C3=CCC4C(=O)N(c5cccc(C(=O)O)c5)C(=O)C4C3CC3C(=O)C(c4ccccc4)=CC(=O)C32c2ccccc2)c(O)c1. The molecule has 1 saturated heterocycles. The predicted molar refractivity (Wildman–Crippen MR) is 187 cm³/mol. The Morgan fingerprint density at radius 2 is 1.57 bits per heavy atom. The van der Waals surface area contributed by atoms with Gasteiger partial charge in [-0.1, -0.05) is 84.4 Å². The maximum Gasteiger partial charge on any atom is 0.335 e. The summed E-state index contributed by atoms with van der Waals surface area (Å²) in [6.07, 6.45) is 3.64. The van der Waals surface area contributed by atoms with E-state index in [-0.39, 0.29) is 47.0 Å². The third-order valence-electron chi connectivity index (χ3n) is 11.3. The molecule has 0 radical (unpaired) electrons. The zero-order valence-corrected chi connectivity index (χ0v) is 27.6. The Bertz CT molecular complexity index is 2210. The van der Waals surface area contributed by atoms with Crippen LogP contribution in [-0.2, 0) is 24.6 Å². The van der Waals surface area contributed by atoms with Crippen molar-refractivity contribution in [2.24, 2.45) is 23.7 Å². The molecule has 4 aliphatic rings. The molecular weight excluding hydrogens is 646 g/mol. The largest absolute Gasteiger partial charge is 0.508 e. The van der Waals surface area contributed by atoms with Crippen LogP contribution in [0.4, 0.5) is 5.69 Å². The summed E-state index contributed by atoms with van der Waals surface area (Å²) < 4.78 is 5.39. The fourth-order valence-corrected chi connectivity index (χ4v) is 9.15. The average Bonchev–Trinajstić information content (AvgIpc) is 3.41. The van der Waals surface area contributed by atoms with Crippen LogP contribution in [0.3, 0.4) is 0 Å². The molecule has 9 nitrogen and oxygen atoms in total. The first-order chi connectivity index (χ1) is 24.7. The fraction of sp³-hybridized carbons (Fsp3) is 0.214. The minimum absolute atomic E-state index is 0.0614. The highest BCUT2D eigenvalue weighted by molar-refractivity contribution is 6.32. The number of amides is 2. The van der Waals surface area contributed by atoms with Crippen molar-refractivity contribution in [3.05, 3.63) is 143 Å². The van der Waals surface area contributed by atoms with Crippen LogP contribution in [0.5, 0.6) is 11.5 Å². The molecule has 1 heterocycles. The number of carbonyl (C=O) groups excluding carboxylic acids is 4. The van der Waals surface area contributed by atoms with Crippen LogP contribution in [0.15, 0.2) is 121 Å². The topological polar surface area (TPSA) is 138 Å². The van der Waals surface area contributed by atoms with Gasteiger partial charge >= 0.3 is 5.97 Å². The van der Waals surface area contributed by atoms with E-state index in [0.717, 1.165) is 4.90 Å². The molecule has 2 N–H and O–H groups in total. The number of phenols is 1. The van der Waals surface area contributed by atoms with E-state index in [2.05, 4.69) is 0 Å². The van der Waals surface area contributed by atoms with Crippen LogP contribution in [0.2, 0.25) is 0 Å². The lowest BCUT2D eigenvalue weighted by atomic mass is 9.44. The summed E-state index contributed by atoms with van der Waals surface area (Å²) >= 11 is 0. The normalized spacial score (nSPS) is 26.8. The van der Waals surface area contributed by atoms with Gasteiger partial charge in [0.25, 0.3) is 0 Å². The van der Waals surface area contributed by atoms with E-state index in [1.807, 2.05) is 42.5 Å². The van der Waals surface area contributed by atoms with Crippen LogP contribution < -0.4 is 9.64 Å².